The van der Waals surface area contributed by atoms with Gasteiger partial charge in [-0.3, -0.25) is 0 Å². The minimum atomic E-state index is 0.489. The molecule has 0 aromatic heterocycles. The Bertz CT molecular complexity index is 309. The summed E-state index contributed by atoms with van der Waals surface area (Å²) in [4.78, 5) is 0. The molecule has 1 aromatic carbocycles. The molecule has 15 heavy (non-hydrogen) atoms. The molecule has 1 atom stereocenters. The Morgan fingerprint density at radius 2 is 1.80 bits per heavy atom. The Kier molecular flexibility index (Phi) is 3.11. The normalized spacial score (nSPS) is 27.1. The number of hydrogen-bond acceptors (Lipinski definition) is 1. The first-order chi connectivity index (χ1) is 7.15. The van der Waals surface area contributed by atoms with Gasteiger partial charge < -0.3 is 5.32 Å². The van der Waals surface area contributed by atoms with Crippen LogP contribution in [0.3, 0.4) is 0 Å². The fraction of sp³-hybridized carbons (Fsp3) is 0.571. The summed E-state index contributed by atoms with van der Waals surface area (Å²) in [6, 6.07) is 10.1. The molecule has 0 spiro atoms. The third-order valence-corrected chi connectivity index (χ3v) is 3.44. The molecule has 82 valence electrons. The quantitative estimate of drug-likeness (QED) is 0.793. The Morgan fingerprint density at radius 1 is 1.20 bits per heavy atom. The SMILES string of the molecule is Cc1ccc([C@H](C)NC2CC(C)C2)cc1. The van der Waals surface area contributed by atoms with E-state index in [9.17, 15) is 0 Å². The van der Waals surface area contributed by atoms with Crippen molar-refractivity contribution in [3.63, 3.8) is 0 Å². The van der Waals surface area contributed by atoms with Gasteiger partial charge in [-0.2, -0.15) is 0 Å². The number of aryl methyl sites for hydroxylation is 1. The monoisotopic (exact) mass is 203 g/mol. The fourth-order valence-electron chi connectivity index (χ4n) is 2.34. The molecule has 1 saturated carbocycles. The molecule has 1 aromatic rings. The number of benzene rings is 1. The summed E-state index contributed by atoms with van der Waals surface area (Å²) in [6.45, 7) is 6.72. The zero-order valence-electron chi connectivity index (χ0n) is 9.96. The predicted molar refractivity (Wildman–Crippen MR) is 64.9 cm³/mol. The van der Waals surface area contributed by atoms with Gasteiger partial charge in [0.2, 0.25) is 0 Å². The van der Waals surface area contributed by atoms with Crippen molar-refractivity contribution in [2.75, 3.05) is 0 Å². The smallest absolute Gasteiger partial charge is 0.0294 e. The highest BCUT2D eigenvalue weighted by atomic mass is 15.0. The van der Waals surface area contributed by atoms with Crippen LogP contribution in [-0.2, 0) is 0 Å². The maximum absolute atomic E-state index is 3.68. The largest absolute Gasteiger partial charge is 0.307 e. The average Bonchev–Trinajstić information content (AvgIpc) is 2.16. The summed E-state index contributed by atoms with van der Waals surface area (Å²) in [7, 11) is 0. The van der Waals surface area contributed by atoms with E-state index in [0.29, 0.717) is 6.04 Å². The molecule has 1 nitrogen and oxygen atoms in total. The van der Waals surface area contributed by atoms with Gasteiger partial charge in [-0.25, -0.2) is 0 Å². The van der Waals surface area contributed by atoms with Crippen molar-refractivity contribution in [1.29, 1.82) is 0 Å². The van der Waals surface area contributed by atoms with Crippen LogP contribution in [0.25, 0.3) is 0 Å². The first-order valence-corrected chi connectivity index (χ1v) is 5.98. The first kappa shape index (κ1) is 10.7. The average molecular weight is 203 g/mol. The molecule has 0 amide bonds. The van der Waals surface area contributed by atoms with Gasteiger partial charge in [0, 0.05) is 12.1 Å². The molecule has 0 bridgehead atoms. The van der Waals surface area contributed by atoms with Crippen LogP contribution < -0.4 is 5.32 Å². The lowest BCUT2D eigenvalue weighted by atomic mass is 9.81. The van der Waals surface area contributed by atoms with Crippen molar-refractivity contribution in [1.82, 2.24) is 5.32 Å². The summed E-state index contributed by atoms with van der Waals surface area (Å²) in [5, 5.41) is 3.68. The summed E-state index contributed by atoms with van der Waals surface area (Å²) in [5.74, 6) is 0.924. The Hall–Kier alpha value is -0.820. The lowest BCUT2D eigenvalue weighted by Gasteiger charge is -2.35. The molecule has 0 aliphatic heterocycles. The second-order valence-electron chi connectivity index (χ2n) is 5.07. The molecule has 2 rings (SSSR count). The van der Waals surface area contributed by atoms with Gasteiger partial charge in [0.05, 0.1) is 0 Å². The number of nitrogens with one attached hydrogen (secondary N) is 1. The van der Waals surface area contributed by atoms with Crippen LogP contribution >= 0.6 is 0 Å². The summed E-state index contributed by atoms with van der Waals surface area (Å²) in [6.07, 6.45) is 2.69. The van der Waals surface area contributed by atoms with Crippen molar-refractivity contribution in [3.05, 3.63) is 35.4 Å². The maximum Gasteiger partial charge on any atom is 0.0294 e. The Labute approximate surface area is 92.9 Å². The highest BCUT2D eigenvalue weighted by Crippen LogP contribution is 2.28. The topological polar surface area (TPSA) is 12.0 Å². The van der Waals surface area contributed by atoms with Crippen LogP contribution in [0, 0.1) is 12.8 Å². The minimum absolute atomic E-state index is 0.489. The zero-order valence-corrected chi connectivity index (χ0v) is 9.96. The van der Waals surface area contributed by atoms with E-state index in [0.717, 1.165) is 12.0 Å². The molecule has 0 radical (unpaired) electrons. The maximum atomic E-state index is 3.68. The molecule has 0 heterocycles. The van der Waals surface area contributed by atoms with E-state index < -0.39 is 0 Å². The number of hydrogen-bond donors (Lipinski definition) is 1. The molecule has 1 aliphatic rings. The molecule has 1 heteroatoms. The van der Waals surface area contributed by atoms with Crippen molar-refractivity contribution in [2.24, 2.45) is 5.92 Å². The van der Waals surface area contributed by atoms with Crippen LogP contribution in [0.5, 0.6) is 0 Å². The van der Waals surface area contributed by atoms with Crippen molar-refractivity contribution in [2.45, 2.75) is 45.7 Å². The molecule has 1 N–H and O–H groups in total. The van der Waals surface area contributed by atoms with Crippen LogP contribution in [-0.4, -0.2) is 6.04 Å². The molecule has 0 unspecified atom stereocenters. The zero-order chi connectivity index (χ0) is 10.8. The summed E-state index contributed by atoms with van der Waals surface area (Å²) in [5.41, 5.74) is 2.74. The van der Waals surface area contributed by atoms with Gasteiger partial charge in [-0.15, -0.1) is 0 Å². The van der Waals surface area contributed by atoms with Gasteiger partial charge in [0.25, 0.3) is 0 Å². The molecule has 1 fully saturated rings. The molecular weight excluding hydrogens is 182 g/mol. The third-order valence-electron chi connectivity index (χ3n) is 3.44. The lowest BCUT2D eigenvalue weighted by molar-refractivity contribution is 0.226. The van der Waals surface area contributed by atoms with Gasteiger partial charge in [-0.1, -0.05) is 36.8 Å². The van der Waals surface area contributed by atoms with Crippen LogP contribution in [0.2, 0.25) is 0 Å². The van der Waals surface area contributed by atoms with Gasteiger partial charge in [0.15, 0.2) is 0 Å². The van der Waals surface area contributed by atoms with E-state index in [-0.39, 0.29) is 0 Å². The van der Waals surface area contributed by atoms with Crippen LogP contribution in [0.1, 0.15) is 43.9 Å². The Morgan fingerprint density at radius 3 is 2.33 bits per heavy atom. The fourth-order valence-corrected chi connectivity index (χ4v) is 2.34. The highest BCUT2D eigenvalue weighted by molar-refractivity contribution is 5.23. The summed E-state index contributed by atoms with van der Waals surface area (Å²) >= 11 is 0. The van der Waals surface area contributed by atoms with Gasteiger partial charge in [-0.05, 0) is 38.2 Å². The van der Waals surface area contributed by atoms with E-state index in [1.165, 1.54) is 24.0 Å². The first-order valence-electron chi connectivity index (χ1n) is 5.98. The van der Waals surface area contributed by atoms with Crippen molar-refractivity contribution in [3.8, 4) is 0 Å². The van der Waals surface area contributed by atoms with E-state index in [1.807, 2.05) is 0 Å². The van der Waals surface area contributed by atoms with Crippen molar-refractivity contribution >= 4 is 0 Å². The predicted octanol–water partition coefficient (Wildman–Crippen LogP) is 3.44. The van der Waals surface area contributed by atoms with Crippen LogP contribution in [0.4, 0.5) is 0 Å². The van der Waals surface area contributed by atoms with E-state index in [4.69, 9.17) is 0 Å². The standard InChI is InChI=1S/C14H21N/c1-10-4-6-13(7-5-10)12(3)15-14-8-11(2)9-14/h4-7,11-12,14-15H,8-9H2,1-3H3/t11?,12-,14?/m0/s1. The van der Waals surface area contributed by atoms with E-state index >= 15 is 0 Å². The minimum Gasteiger partial charge on any atom is -0.307 e. The second-order valence-corrected chi connectivity index (χ2v) is 5.07. The molecule has 0 saturated heterocycles. The van der Waals surface area contributed by atoms with Crippen LogP contribution in [0.15, 0.2) is 24.3 Å². The van der Waals surface area contributed by atoms with E-state index in [2.05, 4.69) is 50.4 Å². The molecular formula is C14H21N. The summed E-state index contributed by atoms with van der Waals surface area (Å²) < 4.78 is 0. The van der Waals surface area contributed by atoms with E-state index in [1.54, 1.807) is 0 Å². The molecule has 1 aliphatic carbocycles. The third kappa shape index (κ3) is 2.60. The van der Waals surface area contributed by atoms with Crippen molar-refractivity contribution < 1.29 is 0 Å². The van der Waals surface area contributed by atoms with Gasteiger partial charge >= 0.3 is 0 Å². The second kappa shape index (κ2) is 4.36. The number of rotatable bonds is 3. The Balaban J connectivity index is 1.90. The van der Waals surface area contributed by atoms with Gasteiger partial charge in [0.1, 0.15) is 0 Å². The highest BCUT2D eigenvalue weighted by Gasteiger charge is 2.26. The lowest BCUT2D eigenvalue weighted by Crippen LogP contribution is -2.41.